The van der Waals surface area contributed by atoms with E-state index in [2.05, 4.69) is 29.6 Å². The minimum Gasteiger partial charge on any atom is -0.325 e. The number of anilines is 2. The molecule has 0 saturated carbocycles. The summed E-state index contributed by atoms with van der Waals surface area (Å²) in [5, 5.41) is 2.80. The van der Waals surface area contributed by atoms with E-state index in [9.17, 15) is 13.2 Å². The van der Waals surface area contributed by atoms with Crippen molar-refractivity contribution in [3.8, 4) is 0 Å². The Balaban J connectivity index is 1.72. The summed E-state index contributed by atoms with van der Waals surface area (Å²) < 4.78 is 28.1. The lowest BCUT2D eigenvalue weighted by Crippen LogP contribution is -2.31. The van der Waals surface area contributed by atoms with E-state index in [4.69, 9.17) is 0 Å². The SMILES string of the molecule is CCN(c1ccccc1)S(=O)(=O)c1ccccc1NC(=O)CCCc1ccc(C)cc1. The highest BCUT2D eigenvalue weighted by atomic mass is 32.2. The van der Waals surface area contributed by atoms with Crippen LogP contribution < -0.4 is 9.62 Å². The molecule has 0 aliphatic rings. The van der Waals surface area contributed by atoms with Gasteiger partial charge < -0.3 is 5.32 Å². The van der Waals surface area contributed by atoms with E-state index >= 15 is 0 Å². The van der Waals surface area contributed by atoms with Crippen molar-refractivity contribution in [1.29, 1.82) is 0 Å². The molecule has 0 spiro atoms. The minimum absolute atomic E-state index is 0.0904. The summed E-state index contributed by atoms with van der Waals surface area (Å²) in [6, 6.07) is 23.8. The number of sulfonamides is 1. The van der Waals surface area contributed by atoms with Crippen LogP contribution in [0, 0.1) is 6.92 Å². The molecule has 0 aliphatic heterocycles. The number of aryl methyl sites for hydroxylation is 2. The molecule has 0 radical (unpaired) electrons. The van der Waals surface area contributed by atoms with Crippen LogP contribution in [-0.4, -0.2) is 20.9 Å². The number of nitrogens with one attached hydrogen (secondary N) is 1. The van der Waals surface area contributed by atoms with Gasteiger partial charge in [0.2, 0.25) is 5.91 Å². The minimum atomic E-state index is -3.83. The molecule has 0 atom stereocenters. The van der Waals surface area contributed by atoms with Crippen LogP contribution in [0.5, 0.6) is 0 Å². The molecule has 0 saturated heterocycles. The van der Waals surface area contributed by atoms with Crippen LogP contribution in [-0.2, 0) is 21.2 Å². The Morgan fingerprint density at radius 2 is 1.55 bits per heavy atom. The fourth-order valence-electron chi connectivity index (χ4n) is 3.42. The molecule has 0 aliphatic carbocycles. The number of rotatable bonds is 9. The van der Waals surface area contributed by atoms with E-state index in [-0.39, 0.29) is 17.3 Å². The first-order chi connectivity index (χ1) is 14.9. The van der Waals surface area contributed by atoms with Gasteiger partial charge in [0.05, 0.1) is 11.4 Å². The van der Waals surface area contributed by atoms with Gasteiger partial charge in [-0.15, -0.1) is 0 Å². The number of carbonyl (C=O) groups is 1. The van der Waals surface area contributed by atoms with Gasteiger partial charge in [0.15, 0.2) is 0 Å². The maximum Gasteiger partial charge on any atom is 0.266 e. The molecule has 3 aromatic carbocycles. The number of para-hydroxylation sites is 2. The van der Waals surface area contributed by atoms with Gasteiger partial charge in [0, 0.05) is 13.0 Å². The standard InChI is InChI=1S/C25H28N2O3S/c1-3-27(22-11-5-4-6-12-22)31(29,30)24-14-8-7-13-23(24)26-25(28)15-9-10-21-18-16-20(2)17-19-21/h4-8,11-14,16-19H,3,9-10,15H2,1-2H3,(H,26,28). The Morgan fingerprint density at radius 3 is 2.23 bits per heavy atom. The highest BCUT2D eigenvalue weighted by Crippen LogP contribution is 2.28. The van der Waals surface area contributed by atoms with Gasteiger partial charge in [-0.25, -0.2) is 8.42 Å². The Bertz CT molecular complexity index is 1110. The molecule has 1 amide bonds. The molecular weight excluding hydrogens is 408 g/mol. The van der Waals surface area contributed by atoms with E-state index in [0.29, 0.717) is 24.2 Å². The van der Waals surface area contributed by atoms with Crippen LogP contribution >= 0.6 is 0 Å². The number of benzene rings is 3. The van der Waals surface area contributed by atoms with Crippen molar-refractivity contribution < 1.29 is 13.2 Å². The molecule has 0 fully saturated rings. The second kappa shape index (κ2) is 10.3. The van der Waals surface area contributed by atoms with Gasteiger partial charge in [0.1, 0.15) is 4.90 Å². The molecule has 0 heterocycles. The fraction of sp³-hybridized carbons (Fsp3) is 0.240. The maximum absolute atomic E-state index is 13.4. The average Bonchev–Trinajstić information content (AvgIpc) is 2.76. The number of amides is 1. The van der Waals surface area contributed by atoms with E-state index < -0.39 is 10.0 Å². The first-order valence-corrected chi connectivity index (χ1v) is 11.9. The third-order valence-corrected chi connectivity index (χ3v) is 7.01. The molecule has 162 valence electrons. The lowest BCUT2D eigenvalue weighted by Gasteiger charge is -2.24. The topological polar surface area (TPSA) is 66.5 Å². The third kappa shape index (κ3) is 5.73. The summed E-state index contributed by atoms with van der Waals surface area (Å²) >= 11 is 0. The smallest absolute Gasteiger partial charge is 0.266 e. The Kier molecular flexibility index (Phi) is 7.47. The van der Waals surface area contributed by atoms with Crippen molar-refractivity contribution >= 4 is 27.3 Å². The second-order valence-corrected chi connectivity index (χ2v) is 9.22. The zero-order valence-electron chi connectivity index (χ0n) is 17.9. The van der Waals surface area contributed by atoms with Crippen molar-refractivity contribution in [2.75, 3.05) is 16.2 Å². The number of hydrogen-bond acceptors (Lipinski definition) is 3. The van der Waals surface area contributed by atoms with Crippen LogP contribution in [0.4, 0.5) is 11.4 Å². The predicted molar refractivity (Wildman–Crippen MR) is 126 cm³/mol. The molecule has 0 bridgehead atoms. The van der Waals surface area contributed by atoms with Crippen LogP contribution in [0.3, 0.4) is 0 Å². The quantitative estimate of drug-likeness (QED) is 0.503. The molecule has 3 rings (SSSR count). The Labute approximate surface area is 184 Å². The zero-order chi connectivity index (χ0) is 22.3. The van der Waals surface area contributed by atoms with E-state index in [1.54, 1.807) is 49.4 Å². The monoisotopic (exact) mass is 436 g/mol. The van der Waals surface area contributed by atoms with Gasteiger partial charge in [-0.05, 0) is 56.5 Å². The molecule has 0 aromatic heterocycles. The van der Waals surface area contributed by atoms with E-state index in [0.717, 1.165) is 6.42 Å². The van der Waals surface area contributed by atoms with Crippen LogP contribution in [0.15, 0.2) is 83.8 Å². The molecule has 6 heteroatoms. The Hall–Kier alpha value is -3.12. The summed E-state index contributed by atoms with van der Waals surface area (Å²) in [5.74, 6) is -0.197. The lowest BCUT2D eigenvalue weighted by molar-refractivity contribution is -0.116. The van der Waals surface area contributed by atoms with Crippen LogP contribution in [0.1, 0.15) is 30.9 Å². The zero-order valence-corrected chi connectivity index (χ0v) is 18.7. The number of hydrogen-bond donors (Lipinski definition) is 1. The number of nitrogens with zero attached hydrogens (tertiary/aromatic N) is 1. The number of carbonyl (C=O) groups excluding carboxylic acids is 1. The summed E-state index contributed by atoms with van der Waals surface area (Å²) in [4.78, 5) is 12.6. The lowest BCUT2D eigenvalue weighted by atomic mass is 10.1. The third-order valence-electron chi connectivity index (χ3n) is 5.05. The second-order valence-electron chi connectivity index (χ2n) is 7.39. The van der Waals surface area contributed by atoms with Crippen molar-refractivity contribution in [3.05, 3.63) is 90.0 Å². The fourth-order valence-corrected chi connectivity index (χ4v) is 5.04. The average molecular weight is 437 g/mol. The van der Waals surface area contributed by atoms with Gasteiger partial charge in [-0.3, -0.25) is 9.10 Å². The van der Waals surface area contributed by atoms with Crippen molar-refractivity contribution in [2.24, 2.45) is 0 Å². The van der Waals surface area contributed by atoms with Gasteiger partial charge >= 0.3 is 0 Å². The van der Waals surface area contributed by atoms with Crippen molar-refractivity contribution in [1.82, 2.24) is 0 Å². The summed E-state index contributed by atoms with van der Waals surface area (Å²) in [6.45, 7) is 4.11. The van der Waals surface area contributed by atoms with Gasteiger partial charge in [0.25, 0.3) is 10.0 Å². The summed E-state index contributed by atoms with van der Waals surface area (Å²) in [6.07, 6.45) is 1.80. The van der Waals surface area contributed by atoms with Crippen LogP contribution in [0.25, 0.3) is 0 Å². The van der Waals surface area contributed by atoms with Gasteiger partial charge in [-0.2, -0.15) is 0 Å². The van der Waals surface area contributed by atoms with E-state index in [1.807, 2.05) is 13.0 Å². The van der Waals surface area contributed by atoms with Crippen molar-refractivity contribution in [3.63, 3.8) is 0 Å². The largest absolute Gasteiger partial charge is 0.325 e. The van der Waals surface area contributed by atoms with Crippen LogP contribution in [0.2, 0.25) is 0 Å². The predicted octanol–water partition coefficient (Wildman–Crippen LogP) is 5.17. The normalized spacial score (nSPS) is 11.2. The molecule has 3 aromatic rings. The maximum atomic E-state index is 13.4. The Morgan fingerprint density at radius 1 is 0.903 bits per heavy atom. The van der Waals surface area contributed by atoms with E-state index in [1.165, 1.54) is 21.5 Å². The molecular formula is C25H28N2O3S. The molecule has 1 N–H and O–H groups in total. The summed E-state index contributed by atoms with van der Waals surface area (Å²) in [7, 11) is -3.83. The molecule has 31 heavy (non-hydrogen) atoms. The molecule has 5 nitrogen and oxygen atoms in total. The first-order valence-electron chi connectivity index (χ1n) is 10.4. The highest BCUT2D eigenvalue weighted by molar-refractivity contribution is 7.93. The first kappa shape index (κ1) is 22.6. The van der Waals surface area contributed by atoms with Crippen molar-refractivity contribution in [2.45, 2.75) is 38.0 Å². The summed E-state index contributed by atoms with van der Waals surface area (Å²) in [5.41, 5.74) is 3.28. The molecule has 0 unspecified atom stereocenters. The highest BCUT2D eigenvalue weighted by Gasteiger charge is 2.26. The van der Waals surface area contributed by atoms with Gasteiger partial charge in [-0.1, -0.05) is 60.2 Å².